The highest BCUT2D eigenvalue weighted by Gasteiger charge is 2.06. The van der Waals surface area contributed by atoms with Crippen LogP contribution in [0.2, 0.25) is 0 Å². The molecule has 0 heterocycles. The van der Waals surface area contributed by atoms with Crippen molar-refractivity contribution < 1.29 is 4.79 Å². The van der Waals surface area contributed by atoms with Crippen molar-refractivity contribution in [2.24, 2.45) is 0 Å². The summed E-state index contributed by atoms with van der Waals surface area (Å²) >= 11 is 1.39. The first-order chi connectivity index (χ1) is 14.2. The first kappa shape index (κ1) is 23.7. The first-order valence-electron chi connectivity index (χ1n) is 11.6. The van der Waals surface area contributed by atoms with Crippen molar-refractivity contribution in [3.05, 3.63) is 54.1 Å². The number of benzene rings is 2. The normalized spacial score (nSPS) is 11.0. The van der Waals surface area contributed by atoms with Crippen molar-refractivity contribution in [3.63, 3.8) is 0 Å². The van der Waals surface area contributed by atoms with Crippen LogP contribution in [0.5, 0.6) is 0 Å². The molecule has 0 radical (unpaired) electrons. The molecule has 0 aliphatic rings. The van der Waals surface area contributed by atoms with Crippen LogP contribution in [0.1, 0.15) is 90.0 Å². The smallest absolute Gasteiger partial charge is 0.193 e. The van der Waals surface area contributed by atoms with E-state index in [-0.39, 0.29) is 5.12 Å². The lowest BCUT2D eigenvalue weighted by atomic mass is 10.0. The fraction of sp³-hybridized carbons (Fsp3) is 0.519. The van der Waals surface area contributed by atoms with Gasteiger partial charge in [-0.2, -0.15) is 0 Å². The second kappa shape index (κ2) is 14.4. The van der Waals surface area contributed by atoms with Gasteiger partial charge in [-0.1, -0.05) is 113 Å². The summed E-state index contributed by atoms with van der Waals surface area (Å²) in [5, 5.41) is 0.289. The molecule has 2 aromatic carbocycles. The Morgan fingerprint density at radius 3 is 1.76 bits per heavy atom. The molecule has 0 spiro atoms. The van der Waals surface area contributed by atoms with Crippen LogP contribution >= 0.6 is 11.8 Å². The fourth-order valence-electron chi connectivity index (χ4n) is 3.57. The molecular weight excluding hydrogens is 372 g/mol. The summed E-state index contributed by atoms with van der Waals surface area (Å²) in [5.41, 5.74) is 3.90. The van der Waals surface area contributed by atoms with Gasteiger partial charge in [0.2, 0.25) is 0 Å². The van der Waals surface area contributed by atoms with Gasteiger partial charge in [0.15, 0.2) is 5.12 Å². The molecule has 0 aliphatic carbocycles. The van der Waals surface area contributed by atoms with Crippen LogP contribution in [0.15, 0.2) is 53.4 Å². The quantitative estimate of drug-likeness (QED) is 0.228. The second-order valence-corrected chi connectivity index (χ2v) is 9.15. The molecule has 0 atom stereocenters. The summed E-state index contributed by atoms with van der Waals surface area (Å²) in [5.74, 6) is 0. The van der Waals surface area contributed by atoms with Crippen molar-refractivity contribution in [3.8, 4) is 11.1 Å². The van der Waals surface area contributed by atoms with Gasteiger partial charge < -0.3 is 0 Å². The van der Waals surface area contributed by atoms with E-state index < -0.39 is 0 Å². The molecule has 0 N–H and O–H groups in total. The number of carbonyl (C=O) groups excluding carboxylic acids is 1. The summed E-state index contributed by atoms with van der Waals surface area (Å²) in [4.78, 5) is 13.2. The third kappa shape index (κ3) is 9.67. The fourth-order valence-corrected chi connectivity index (χ4v) is 4.35. The zero-order chi connectivity index (χ0) is 20.7. The number of thioether (sulfide) groups is 1. The van der Waals surface area contributed by atoms with E-state index in [2.05, 4.69) is 62.4 Å². The highest BCUT2D eigenvalue weighted by Crippen LogP contribution is 2.26. The maximum absolute atomic E-state index is 12.1. The van der Waals surface area contributed by atoms with Crippen LogP contribution in [0.4, 0.5) is 0 Å². The van der Waals surface area contributed by atoms with Crippen molar-refractivity contribution >= 4 is 16.9 Å². The van der Waals surface area contributed by atoms with E-state index in [9.17, 15) is 4.79 Å². The van der Waals surface area contributed by atoms with Crippen molar-refractivity contribution in [2.45, 2.75) is 95.8 Å². The highest BCUT2D eigenvalue weighted by atomic mass is 32.2. The lowest BCUT2D eigenvalue weighted by Crippen LogP contribution is -1.91. The maximum atomic E-state index is 12.1. The van der Waals surface area contributed by atoms with Crippen LogP contribution < -0.4 is 0 Å². The van der Waals surface area contributed by atoms with Crippen LogP contribution in [-0.4, -0.2) is 5.12 Å². The standard InChI is InChI=1S/C27H38OS/c1-3-5-7-9-11-13-23-15-17-24(18-16-23)25-19-21-26(22-20-25)29-27(28)14-12-10-8-6-4-2/h15-22H,3-14H2,1-2H3. The number of aryl methyl sites for hydroxylation is 1. The van der Waals surface area contributed by atoms with E-state index in [1.807, 2.05) is 0 Å². The Morgan fingerprint density at radius 1 is 0.655 bits per heavy atom. The molecule has 0 amide bonds. The first-order valence-corrected chi connectivity index (χ1v) is 12.4. The van der Waals surface area contributed by atoms with E-state index in [0.717, 1.165) is 11.3 Å². The van der Waals surface area contributed by atoms with E-state index >= 15 is 0 Å². The summed E-state index contributed by atoms with van der Waals surface area (Å²) < 4.78 is 0. The van der Waals surface area contributed by atoms with Gasteiger partial charge >= 0.3 is 0 Å². The Balaban J connectivity index is 1.76. The molecule has 0 saturated carbocycles. The average molecular weight is 411 g/mol. The molecule has 0 aromatic heterocycles. The Labute approximate surface area is 182 Å². The topological polar surface area (TPSA) is 17.1 Å². The Kier molecular flexibility index (Phi) is 11.8. The van der Waals surface area contributed by atoms with E-state index in [0.29, 0.717) is 6.42 Å². The van der Waals surface area contributed by atoms with Crippen LogP contribution in [0.3, 0.4) is 0 Å². The molecule has 2 heteroatoms. The monoisotopic (exact) mass is 410 g/mol. The molecule has 0 bridgehead atoms. The molecular formula is C27H38OS. The third-order valence-electron chi connectivity index (χ3n) is 5.43. The van der Waals surface area contributed by atoms with Gasteiger partial charge in [-0.25, -0.2) is 0 Å². The zero-order valence-electron chi connectivity index (χ0n) is 18.4. The number of hydrogen-bond acceptors (Lipinski definition) is 2. The van der Waals surface area contributed by atoms with E-state index in [4.69, 9.17) is 0 Å². The zero-order valence-corrected chi connectivity index (χ0v) is 19.2. The van der Waals surface area contributed by atoms with Gasteiger partial charge in [-0.15, -0.1) is 0 Å². The number of carbonyl (C=O) groups is 1. The minimum absolute atomic E-state index is 0.289. The van der Waals surface area contributed by atoms with Gasteiger partial charge in [-0.3, -0.25) is 4.79 Å². The predicted octanol–water partition coefficient (Wildman–Crippen LogP) is 8.85. The summed E-state index contributed by atoms with van der Waals surface area (Å²) in [6, 6.07) is 17.4. The molecule has 2 rings (SSSR count). The lowest BCUT2D eigenvalue weighted by molar-refractivity contribution is -0.111. The van der Waals surface area contributed by atoms with Gasteiger partial charge in [0.1, 0.15) is 0 Å². The summed E-state index contributed by atoms with van der Waals surface area (Å²) in [6.07, 6.45) is 14.5. The molecule has 0 saturated heterocycles. The average Bonchev–Trinajstić information content (AvgIpc) is 2.74. The molecule has 29 heavy (non-hydrogen) atoms. The van der Waals surface area contributed by atoms with Crippen LogP contribution in [0.25, 0.3) is 11.1 Å². The number of rotatable bonds is 14. The largest absolute Gasteiger partial charge is 0.287 e. The highest BCUT2D eigenvalue weighted by molar-refractivity contribution is 8.13. The summed E-state index contributed by atoms with van der Waals surface area (Å²) in [7, 11) is 0. The molecule has 1 nitrogen and oxygen atoms in total. The lowest BCUT2D eigenvalue weighted by Gasteiger charge is -2.06. The molecule has 0 aliphatic heterocycles. The second-order valence-electron chi connectivity index (χ2n) is 8.02. The minimum atomic E-state index is 0.289. The Bertz CT molecular complexity index is 687. The molecule has 158 valence electrons. The SMILES string of the molecule is CCCCCCCC(=O)Sc1ccc(-c2ccc(CCCCCCC)cc2)cc1. The van der Waals surface area contributed by atoms with Crippen molar-refractivity contribution in [1.82, 2.24) is 0 Å². The van der Waals surface area contributed by atoms with Gasteiger partial charge in [0, 0.05) is 11.3 Å². The molecule has 0 fully saturated rings. The van der Waals surface area contributed by atoms with Gasteiger partial charge in [0.25, 0.3) is 0 Å². The van der Waals surface area contributed by atoms with Gasteiger partial charge in [-0.05, 0) is 48.1 Å². The number of hydrogen-bond donors (Lipinski definition) is 0. The van der Waals surface area contributed by atoms with Crippen LogP contribution in [0, 0.1) is 0 Å². The Hall–Kier alpha value is -1.54. The molecule has 0 unspecified atom stereocenters. The van der Waals surface area contributed by atoms with Gasteiger partial charge in [0.05, 0.1) is 0 Å². The minimum Gasteiger partial charge on any atom is -0.287 e. The third-order valence-corrected chi connectivity index (χ3v) is 6.37. The van der Waals surface area contributed by atoms with E-state index in [1.165, 1.54) is 92.7 Å². The van der Waals surface area contributed by atoms with Crippen molar-refractivity contribution in [2.75, 3.05) is 0 Å². The Morgan fingerprint density at radius 2 is 1.17 bits per heavy atom. The summed E-state index contributed by atoms with van der Waals surface area (Å²) in [6.45, 7) is 4.48. The number of unbranched alkanes of at least 4 members (excludes halogenated alkanes) is 8. The van der Waals surface area contributed by atoms with E-state index in [1.54, 1.807) is 0 Å². The maximum Gasteiger partial charge on any atom is 0.193 e. The van der Waals surface area contributed by atoms with Crippen LogP contribution in [-0.2, 0) is 11.2 Å². The molecule has 2 aromatic rings. The van der Waals surface area contributed by atoms with Crippen molar-refractivity contribution in [1.29, 1.82) is 0 Å². The predicted molar refractivity (Wildman–Crippen MR) is 129 cm³/mol.